The first kappa shape index (κ1) is 16.3. The van der Waals surface area contributed by atoms with Gasteiger partial charge in [0.1, 0.15) is 6.29 Å². The Labute approximate surface area is 133 Å². The molecule has 116 valence electrons. The van der Waals surface area contributed by atoms with Gasteiger partial charge in [-0.1, -0.05) is 49.4 Å². The van der Waals surface area contributed by atoms with Crippen molar-refractivity contribution in [3.8, 4) is 0 Å². The molecule has 1 aliphatic rings. The van der Waals surface area contributed by atoms with Crippen LogP contribution in [0.3, 0.4) is 0 Å². The average molecular weight is 295 g/mol. The van der Waals surface area contributed by atoms with Crippen LogP contribution in [0.1, 0.15) is 44.1 Å². The van der Waals surface area contributed by atoms with Crippen LogP contribution >= 0.6 is 0 Å². The second kappa shape index (κ2) is 8.38. The Kier molecular flexibility index (Phi) is 6.20. The van der Waals surface area contributed by atoms with Crippen LogP contribution in [0, 0.1) is 0 Å². The van der Waals surface area contributed by atoms with E-state index in [1.807, 2.05) is 24.3 Å². The summed E-state index contributed by atoms with van der Waals surface area (Å²) in [6.07, 6.45) is 11.3. The minimum atomic E-state index is 0.0746. The van der Waals surface area contributed by atoms with E-state index in [2.05, 4.69) is 42.8 Å². The van der Waals surface area contributed by atoms with E-state index in [1.165, 1.54) is 11.3 Å². The van der Waals surface area contributed by atoms with Gasteiger partial charge in [0.25, 0.3) is 0 Å². The Balaban J connectivity index is 2.33. The van der Waals surface area contributed by atoms with E-state index in [0.29, 0.717) is 0 Å². The third-order valence-corrected chi connectivity index (χ3v) is 4.05. The minimum absolute atomic E-state index is 0.0746. The molecule has 0 bridgehead atoms. The first-order valence-corrected chi connectivity index (χ1v) is 8.10. The van der Waals surface area contributed by atoms with Gasteiger partial charge >= 0.3 is 0 Å². The number of rotatable bonds is 8. The molecule has 22 heavy (non-hydrogen) atoms. The van der Waals surface area contributed by atoms with Gasteiger partial charge in [-0.25, -0.2) is 0 Å². The molecule has 1 aliphatic heterocycles. The van der Waals surface area contributed by atoms with Crippen LogP contribution in [0.5, 0.6) is 0 Å². The molecule has 1 unspecified atom stereocenters. The Bertz CT molecular complexity index is 556. The lowest BCUT2D eigenvalue weighted by atomic mass is 9.87. The van der Waals surface area contributed by atoms with Gasteiger partial charge in [0.2, 0.25) is 0 Å². The molecule has 0 amide bonds. The van der Waals surface area contributed by atoms with Crippen LogP contribution in [0.2, 0.25) is 0 Å². The maximum atomic E-state index is 11.8. The lowest BCUT2D eigenvalue weighted by Gasteiger charge is -2.32. The molecule has 0 spiro atoms. The van der Waals surface area contributed by atoms with Crippen LogP contribution in [0.15, 0.2) is 66.5 Å². The molecule has 0 fully saturated rings. The number of carbonyl (C=O) groups excluding carboxylic acids is 1. The number of aldehydes is 1. The van der Waals surface area contributed by atoms with E-state index in [1.54, 1.807) is 0 Å². The highest BCUT2D eigenvalue weighted by Gasteiger charge is 2.24. The van der Waals surface area contributed by atoms with Crippen molar-refractivity contribution in [1.82, 2.24) is 4.90 Å². The van der Waals surface area contributed by atoms with Crippen molar-refractivity contribution in [3.05, 3.63) is 72.1 Å². The fourth-order valence-corrected chi connectivity index (χ4v) is 2.97. The number of allylic oxidation sites excluding steroid dienone is 4. The summed E-state index contributed by atoms with van der Waals surface area (Å²) >= 11 is 0. The van der Waals surface area contributed by atoms with Gasteiger partial charge in [0.15, 0.2) is 0 Å². The first-order chi connectivity index (χ1) is 10.8. The van der Waals surface area contributed by atoms with Crippen molar-refractivity contribution < 1.29 is 4.79 Å². The van der Waals surface area contributed by atoms with Gasteiger partial charge in [-0.15, -0.1) is 6.58 Å². The van der Waals surface area contributed by atoms with Crippen LogP contribution in [0.25, 0.3) is 0 Å². The zero-order chi connectivity index (χ0) is 15.8. The van der Waals surface area contributed by atoms with Gasteiger partial charge in [-0.2, -0.15) is 0 Å². The maximum absolute atomic E-state index is 11.8. The summed E-state index contributed by atoms with van der Waals surface area (Å²) in [5, 5.41) is 0. The number of benzene rings is 1. The van der Waals surface area contributed by atoms with Gasteiger partial charge in [-0.3, -0.25) is 4.79 Å². The molecule has 1 aromatic rings. The summed E-state index contributed by atoms with van der Waals surface area (Å²) in [7, 11) is 0. The molecule has 2 rings (SSSR count). The molecule has 0 radical (unpaired) electrons. The molecule has 1 atom stereocenters. The second-order valence-corrected chi connectivity index (χ2v) is 5.62. The minimum Gasteiger partial charge on any atom is -0.351 e. The predicted octanol–water partition coefficient (Wildman–Crippen LogP) is 4.82. The average Bonchev–Trinajstić information content (AvgIpc) is 2.57. The monoisotopic (exact) mass is 295 g/mol. The molecule has 2 heteroatoms. The zero-order valence-electron chi connectivity index (χ0n) is 13.4. The zero-order valence-corrected chi connectivity index (χ0v) is 13.4. The number of carbonyl (C=O) groups is 1. The highest BCUT2D eigenvalue weighted by Crippen LogP contribution is 2.34. The third-order valence-electron chi connectivity index (χ3n) is 4.05. The second-order valence-electron chi connectivity index (χ2n) is 5.62. The van der Waals surface area contributed by atoms with Crippen molar-refractivity contribution in [3.63, 3.8) is 0 Å². The summed E-state index contributed by atoms with van der Waals surface area (Å²) < 4.78 is 0. The molecule has 2 nitrogen and oxygen atoms in total. The lowest BCUT2D eigenvalue weighted by Crippen LogP contribution is -2.25. The smallest absolute Gasteiger partial charge is 0.148 e. The van der Waals surface area contributed by atoms with Crippen LogP contribution < -0.4 is 0 Å². The van der Waals surface area contributed by atoms with Crippen LogP contribution in [-0.4, -0.2) is 17.7 Å². The molecular weight excluding hydrogens is 270 g/mol. The fourth-order valence-electron chi connectivity index (χ4n) is 2.97. The summed E-state index contributed by atoms with van der Waals surface area (Å²) in [6.45, 7) is 6.91. The van der Waals surface area contributed by atoms with Crippen molar-refractivity contribution >= 4 is 6.29 Å². The van der Waals surface area contributed by atoms with E-state index in [4.69, 9.17) is 0 Å². The standard InChI is InChI=1S/C20H25NO/c1-3-5-7-12-20-19(16-22)18(13-15-21(20)14-4-2)17-10-8-6-9-11-17/h3,6,8-11,13,15-16,18H,1,4-5,7,12,14H2,2H3. The maximum Gasteiger partial charge on any atom is 0.148 e. The van der Waals surface area contributed by atoms with Gasteiger partial charge in [0.05, 0.1) is 0 Å². The summed E-state index contributed by atoms with van der Waals surface area (Å²) in [4.78, 5) is 14.0. The molecule has 0 saturated heterocycles. The number of hydrogen-bond acceptors (Lipinski definition) is 2. The molecular formula is C20H25NO. The summed E-state index contributed by atoms with van der Waals surface area (Å²) in [5.74, 6) is 0.0746. The fraction of sp³-hybridized carbons (Fsp3) is 0.350. The SMILES string of the molecule is C=CCCCC1=C(C=O)C(c2ccccc2)C=CN1CCC. The molecule has 1 aromatic carbocycles. The number of nitrogens with zero attached hydrogens (tertiary/aromatic N) is 1. The van der Waals surface area contributed by atoms with Crippen molar-refractivity contribution in [2.75, 3.05) is 6.54 Å². The van der Waals surface area contributed by atoms with Gasteiger partial charge in [-0.05, 0) is 31.2 Å². The molecule has 0 N–H and O–H groups in total. The Morgan fingerprint density at radius 2 is 2.05 bits per heavy atom. The molecule has 0 aliphatic carbocycles. The summed E-state index contributed by atoms with van der Waals surface area (Å²) in [5.41, 5.74) is 3.26. The summed E-state index contributed by atoms with van der Waals surface area (Å²) in [6, 6.07) is 10.3. The first-order valence-electron chi connectivity index (χ1n) is 8.10. The highest BCUT2D eigenvalue weighted by atomic mass is 16.1. The van der Waals surface area contributed by atoms with E-state index in [9.17, 15) is 4.79 Å². The van der Waals surface area contributed by atoms with Gasteiger partial charge < -0.3 is 4.90 Å². The van der Waals surface area contributed by atoms with Crippen LogP contribution in [0.4, 0.5) is 0 Å². The lowest BCUT2D eigenvalue weighted by molar-refractivity contribution is -0.105. The largest absolute Gasteiger partial charge is 0.351 e. The van der Waals surface area contributed by atoms with E-state index < -0.39 is 0 Å². The van der Waals surface area contributed by atoms with Crippen molar-refractivity contribution in [2.45, 2.75) is 38.5 Å². The van der Waals surface area contributed by atoms with E-state index in [0.717, 1.165) is 44.1 Å². The number of unbranched alkanes of at least 4 members (excludes halogenated alkanes) is 1. The van der Waals surface area contributed by atoms with Crippen LogP contribution in [-0.2, 0) is 4.79 Å². The topological polar surface area (TPSA) is 20.3 Å². The highest BCUT2D eigenvalue weighted by molar-refractivity contribution is 5.78. The van der Waals surface area contributed by atoms with Crippen molar-refractivity contribution in [2.24, 2.45) is 0 Å². The molecule has 0 aromatic heterocycles. The Morgan fingerprint density at radius 1 is 1.27 bits per heavy atom. The van der Waals surface area contributed by atoms with E-state index in [-0.39, 0.29) is 5.92 Å². The number of hydrogen-bond donors (Lipinski definition) is 0. The van der Waals surface area contributed by atoms with E-state index >= 15 is 0 Å². The normalized spacial score (nSPS) is 17.7. The quantitative estimate of drug-likeness (QED) is 0.389. The Hall–Kier alpha value is -2.09. The molecule has 1 heterocycles. The third kappa shape index (κ3) is 3.76. The molecule has 0 saturated carbocycles. The van der Waals surface area contributed by atoms with Crippen molar-refractivity contribution in [1.29, 1.82) is 0 Å². The van der Waals surface area contributed by atoms with Gasteiger partial charge in [0, 0.05) is 29.9 Å². The Morgan fingerprint density at radius 3 is 2.68 bits per heavy atom. The predicted molar refractivity (Wildman–Crippen MR) is 92.5 cm³/mol.